The van der Waals surface area contributed by atoms with Crippen molar-refractivity contribution >= 4 is 23.2 Å². The van der Waals surface area contributed by atoms with Gasteiger partial charge >= 0.3 is 5.97 Å². The van der Waals surface area contributed by atoms with E-state index in [9.17, 15) is 24.6 Å². The normalized spacial score (nSPS) is 28.9. The summed E-state index contributed by atoms with van der Waals surface area (Å²) >= 11 is 0. The van der Waals surface area contributed by atoms with Gasteiger partial charge in [-0.3, -0.25) is 9.59 Å². The largest absolute Gasteiger partial charge is 1.00 e. The molecule has 10 heteroatoms. The molecule has 6 aliphatic rings. The second kappa shape index (κ2) is 11.9. The van der Waals surface area contributed by atoms with Gasteiger partial charge < -0.3 is 48.9 Å². The number of hydrogen-bond acceptors (Lipinski definition) is 4. The number of aliphatic hydroxyl groups excluding tert-OH is 1. The lowest BCUT2D eigenvalue weighted by atomic mass is 9.76. The summed E-state index contributed by atoms with van der Waals surface area (Å²) in [5.41, 5.74) is 6.89. The number of rotatable bonds is 7. The molecule has 9 rings (SSSR count). The predicted molar refractivity (Wildman–Crippen MR) is 168 cm³/mol. The van der Waals surface area contributed by atoms with Crippen molar-refractivity contribution < 1.29 is 58.4 Å². The summed E-state index contributed by atoms with van der Waals surface area (Å²) in [6.07, 6.45) is -0.856. The van der Waals surface area contributed by atoms with Crippen molar-refractivity contribution in [1.82, 2.24) is 4.90 Å². The zero-order valence-electron chi connectivity index (χ0n) is 26.5. The first-order chi connectivity index (χ1) is 21.6. The number of quaternary nitrogens is 2. The van der Waals surface area contributed by atoms with E-state index in [0.29, 0.717) is 22.3 Å². The number of carbonyl (C=O) groups excluding carboxylic acids is 2. The monoisotopic (exact) mass is 675 g/mol. The average Bonchev–Trinajstić information content (AvgIpc) is 3.45. The van der Waals surface area contributed by atoms with Crippen LogP contribution in [-0.4, -0.2) is 93.2 Å². The van der Waals surface area contributed by atoms with Crippen LogP contribution in [-0.2, 0) is 22.7 Å². The van der Waals surface area contributed by atoms with Crippen LogP contribution in [0.2, 0.25) is 0 Å². The van der Waals surface area contributed by atoms with Crippen LogP contribution in [0.1, 0.15) is 46.5 Å². The van der Waals surface area contributed by atoms with Gasteiger partial charge in [-0.05, 0) is 47.4 Å². The molecule has 0 unspecified atom stereocenters. The molecule has 5 aliphatic heterocycles. The van der Waals surface area contributed by atoms with E-state index in [2.05, 4.69) is 48.5 Å². The number of hydrogen-bond donors (Lipinski definition) is 2. The van der Waals surface area contributed by atoms with E-state index >= 15 is 0 Å². The SMILES string of the molecule is C[C@@H](O)[C@H]1C(=O)N2C(C(=O)O)=C(c3ccc4c(c3)-c3ccc(C[N+]56CC[N+](Cc7ccccc7)(CC5)CC6)cc3C4=O)[C@H](C)[C@H]12.[Cl-].[Cl-]. The number of aliphatic carboxylic acids is 1. The van der Waals surface area contributed by atoms with Crippen LogP contribution in [0.15, 0.2) is 72.4 Å². The number of fused-ring (bicyclic) bond motifs is 7. The minimum absolute atomic E-state index is 0. The Hall–Kier alpha value is -3.53. The Labute approximate surface area is 287 Å². The molecule has 1 amide bonds. The van der Waals surface area contributed by atoms with Crippen molar-refractivity contribution in [2.75, 3.05) is 39.3 Å². The minimum atomic E-state index is -1.16. The highest BCUT2D eigenvalue weighted by atomic mass is 35.5. The molecule has 0 spiro atoms. The number of piperazine rings is 3. The fraction of sp³-hybridized carbons (Fsp3) is 0.378. The smallest absolute Gasteiger partial charge is 0.352 e. The first kappa shape index (κ1) is 33.4. The molecular formula is C37H39Cl2N3O5. The third kappa shape index (κ3) is 5.04. The number of halogens is 2. The number of ketones is 1. The van der Waals surface area contributed by atoms with Gasteiger partial charge in [0.15, 0.2) is 5.78 Å². The molecular weight excluding hydrogens is 637 g/mol. The summed E-state index contributed by atoms with van der Waals surface area (Å²) in [6, 6.07) is 22.3. The summed E-state index contributed by atoms with van der Waals surface area (Å²) in [5, 5.41) is 20.4. The third-order valence-corrected chi connectivity index (χ3v) is 11.6. The van der Waals surface area contributed by atoms with Gasteiger partial charge in [0.05, 0.1) is 18.1 Å². The molecule has 2 bridgehead atoms. The molecule has 3 aromatic carbocycles. The van der Waals surface area contributed by atoms with Gasteiger partial charge in [0.1, 0.15) is 58.1 Å². The lowest BCUT2D eigenvalue weighted by Gasteiger charge is -2.55. The van der Waals surface area contributed by atoms with E-state index in [0.717, 1.165) is 48.3 Å². The van der Waals surface area contributed by atoms with Gasteiger partial charge in [-0.1, -0.05) is 55.5 Å². The van der Waals surface area contributed by atoms with Gasteiger partial charge in [-0.25, -0.2) is 4.79 Å². The van der Waals surface area contributed by atoms with Crippen LogP contribution in [0.5, 0.6) is 0 Å². The first-order valence-corrected chi connectivity index (χ1v) is 16.2. The van der Waals surface area contributed by atoms with E-state index in [-0.39, 0.29) is 54.2 Å². The Balaban J connectivity index is 0.00000193. The van der Waals surface area contributed by atoms with Crippen molar-refractivity contribution in [1.29, 1.82) is 0 Å². The fourth-order valence-corrected chi connectivity index (χ4v) is 9.12. The molecule has 246 valence electrons. The van der Waals surface area contributed by atoms with Crippen molar-refractivity contribution in [2.45, 2.75) is 39.1 Å². The van der Waals surface area contributed by atoms with Crippen LogP contribution >= 0.6 is 0 Å². The highest BCUT2D eigenvalue weighted by Crippen LogP contribution is 2.51. The molecule has 8 nitrogen and oxygen atoms in total. The third-order valence-electron chi connectivity index (χ3n) is 11.6. The average molecular weight is 677 g/mol. The maximum absolute atomic E-state index is 13.7. The molecule has 5 heterocycles. The molecule has 47 heavy (non-hydrogen) atoms. The molecule has 4 saturated heterocycles. The van der Waals surface area contributed by atoms with Crippen molar-refractivity contribution in [3.8, 4) is 11.1 Å². The molecule has 0 saturated carbocycles. The number of carboxylic acids is 1. The number of carboxylic acid groups (broad SMARTS) is 1. The molecule has 1 aliphatic carbocycles. The van der Waals surface area contributed by atoms with E-state index < -0.39 is 18.0 Å². The molecule has 4 fully saturated rings. The molecule has 0 aromatic heterocycles. The lowest BCUT2D eigenvalue weighted by molar-refractivity contribution is -1.09. The van der Waals surface area contributed by atoms with Crippen molar-refractivity contribution in [2.24, 2.45) is 11.8 Å². The summed E-state index contributed by atoms with van der Waals surface area (Å²) in [7, 11) is 0. The van der Waals surface area contributed by atoms with Gasteiger partial charge in [0, 0.05) is 28.2 Å². The van der Waals surface area contributed by atoms with Crippen molar-refractivity contribution in [3.05, 3.63) is 100 Å². The Bertz CT molecular complexity index is 1800. The van der Waals surface area contributed by atoms with Crippen LogP contribution < -0.4 is 24.8 Å². The van der Waals surface area contributed by atoms with E-state index in [1.165, 1.54) is 40.1 Å². The van der Waals surface area contributed by atoms with Gasteiger partial charge in [0.25, 0.3) is 0 Å². The molecule has 3 aromatic rings. The quantitative estimate of drug-likeness (QED) is 0.173. The van der Waals surface area contributed by atoms with E-state index in [1.807, 2.05) is 19.1 Å². The molecule has 4 atom stereocenters. The van der Waals surface area contributed by atoms with Crippen LogP contribution in [0.4, 0.5) is 0 Å². The van der Waals surface area contributed by atoms with Crippen LogP contribution in [0.25, 0.3) is 16.7 Å². The number of benzene rings is 3. The summed E-state index contributed by atoms with van der Waals surface area (Å²) in [4.78, 5) is 40.3. The summed E-state index contributed by atoms with van der Waals surface area (Å²) in [6.45, 7) is 12.5. The fourth-order valence-electron chi connectivity index (χ4n) is 9.12. The maximum Gasteiger partial charge on any atom is 0.352 e. The standard InChI is InChI=1S/C37H38N3O5.2ClH/c1-22-31(34(37(44)45)38-33(22)32(23(2)41)36(38)43)26-9-11-28-29(19-26)27-10-8-25(18-30(27)35(28)42)21-40-15-12-39(13-16-40,14-17-40)20-24-6-4-3-5-7-24;;/h3-11,18-19,22-23,32-33,41H,12-17,20-21H2,1-2H3;2*1H/q+1;;/p-1/t22-,23+,32+,33+,39?,40?;;/m0../s1. The highest BCUT2D eigenvalue weighted by molar-refractivity contribution is 6.22. The number of carbonyl (C=O) groups is 3. The Morgan fingerprint density at radius 2 is 1.40 bits per heavy atom. The zero-order valence-corrected chi connectivity index (χ0v) is 28.0. The Morgan fingerprint density at radius 1 is 0.809 bits per heavy atom. The lowest BCUT2D eigenvalue weighted by Crippen LogP contribution is -3.00. The van der Waals surface area contributed by atoms with Gasteiger partial charge in [-0.15, -0.1) is 0 Å². The summed E-state index contributed by atoms with van der Waals surface area (Å²) in [5.74, 6) is -2.38. The molecule has 2 N–H and O–H groups in total. The van der Waals surface area contributed by atoms with Crippen molar-refractivity contribution in [3.63, 3.8) is 0 Å². The second-order valence-electron chi connectivity index (χ2n) is 14.1. The van der Waals surface area contributed by atoms with Gasteiger partial charge in [-0.2, -0.15) is 0 Å². The predicted octanol–water partition coefficient (Wildman–Crippen LogP) is -2.08. The topological polar surface area (TPSA) is 94.9 Å². The maximum atomic E-state index is 13.7. The minimum Gasteiger partial charge on any atom is -1.00 e. The number of aliphatic hydroxyl groups is 1. The number of nitrogens with zero attached hydrogens (tertiary/aromatic N) is 3. The second-order valence-corrected chi connectivity index (χ2v) is 14.1. The first-order valence-electron chi connectivity index (χ1n) is 16.2. The highest BCUT2D eigenvalue weighted by Gasteiger charge is 2.60. The Kier molecular flexibility index (Phi) is 8.42. The molecule has 0 radical (unpaired) electrons. The zero-order chi connectivity index (χ0) is 31.2. The van der Waals surface area contributed by atoms with E-state index in [4.69, 9.17) is 0 Å². The van der Waals surface area contributed by atoms with Gasteiger partial charge in [0.2, 0.25) is 5.91 Å². The Morgan fingerprint density at radius 3 is 2.00 bits per heavy atom. The number of amides is 1. The van der Waals surface area contributed by atoms with Crippen LogP contribution in [0.3, 0.4) is 0 Å². The summed E-state index contributed by atoms with van der Waals surface area (Å²) < 4.78 is 2.25. The van der Waals surface area contributed by atoms with E-state index in [1.54, 1.807) is 13.0 Å². The van der Waals surface area contributed by atoms with Crippen LogP contribution in [0, 0.1) is 11.8 Å². The number of β-lactam (4-membered cyclic amide) rings is 1.